The molecule has 0 saturated carbocycles. The zero-order valence-electron chi connectivity index (χ0n) is 13.9. The molecule has 2 aromatic rings. The summed E-state index contributed by atoms with van der Waals surface area (Å²) in [6.45, 7) is 0.466. The third-order valence-corrected chi connectivity index (χ3v) is 5.48. The molecule has 9 heteroatoms. The van der Waals surface area contributed by atoms with E-state index in [9.17, 15) is 13.2 Å². The molecule has 0 aromatic heterocycles. The molecule has 0 aliphatic carbocycles. The van der Waals surface area contributed by atoms with Crippen LogP contribution in [0.5, 0.6) is 11.5 Å². The third-order valence-electron chi connectivity index (χ3n) is 3.65. The van der Waals surface area contributed by atoms with Gasteiger partial charge >= 0.3 is 0 Å². The van der Waals surface area contributed by atoms with E-state index in [0.717, 1.165) is 10.6 Å². The predicted octanol–water partition coefficient (Wildman–Crippen LogP) is 2.62. The summed E-state index contributed by atoms with van der Waals surface area (Å²) in [5.41, 5.74) is 0.896. The first-order valence-corrected chi connectivity index (χ1v) is 10.4. The number of halogens is 1. The summed E-state index contributed by atoms with van der Waals surface area (Å²) in [5.74, 6) is 0.539. The maximum Gasteiger partial charge on any atom is 0.245 e. The van der Waals surface area contributed by atoms with Crippen molar-refractivity contribution >= 4 is 43.2 Å². The van der Waals surface area contributed by atoms with Crippen molar-refractivity contribution < 1.29 is 22.7 Å². The Morgan fingerprint density at radius 2 is 1.85 bits per heavy atom. The molecule has 1 aliphatic rings. The number of benzene rings is 2. The van der Waals surface area contributed by atoms with Crippen molar-refractivity contribution in [3.63, 3.8) is 0 Å². The van der Waals surface area contributed by atoms with Crippen LogP contribution in [0.25, 0.3) is 0 Å². The van der Waals surface area contributed by atoms with Crippen molar-refractivity contribution in [3.05, 3.63) is 46.9 Å². The molecule has 7 nitrogen and oxygen atoms in total. The van der Waals surface area contributed by atoms with E-state index >= 15 is 0 Å². The molecule has 26 heavy (non-hydrogen) atoms. The van der Waals surface area contributed by atoms with E-state index in [-0.39, 0.29) is 6.54 Å². The van der Waals surface area contributed by atoms with Gasteiger partial charge in [-0.2, -0.15) is 0 Å². The number of nitrogens with zero attached hydrogens (tertiary/aromatic N) is 1. The molecule has 2 aromatic carbocycles. The highest BCUT2D eigenvalue weighted by Gasteiger charge is 2.23. The molecule has 1 heterocycles. The lowest BCUT2D eigenvalue weighted by Crippen LogP contribution is -2.37. The van der Waals surface area contributed by atoms with E-state index in [4.69, 9.17) is 9.47 Å². The number of rotatable bonds is 5. The van der Waals surface area contributed by atoms with Crippen LogP contribution >= 0.6 is 15.9 Å². The number of carbonyl (C=O) groups is 1. The van der Waals surface area contributed by atoms with Crippen molar-refractivity contribution in [2.45, 2.75) is 0 Å². The Labute approximate surface area is 160 Å². The van der Waals surface area contributed by atoms with Crippen molar-refractivity contribution in [3.8, 4) is 11.5 Å². The highest BCUT2D eigenvalue weighted by atomic mass is 79.9. The van der Waals surface area contributed by atoms with Crippen LogP contribution in [0, 0.1) is 0 Å². The Kier molecular flexibility index (Phi) is 5.38. The summed E-state index contributed by atoms with van der Waals surface area (Å²) in [6, 6.07) is 11.9. The Bertz CT molecular complexity index is 933. The average Bonchev–Trinajstić information content (AvgIpc) is 2.60. The smallest absolute Gasteiger partial charge is 0.245 e. The Balaban J connectivity index is 1.83. The minimum Gasteiger partial charge on any atom is -0.486 e. The third kappa shape index (κ3) is 4.28. The van der Waals surface area contributed by atoms with Gasteiger partial charge in [-0.15, -0.1) is 0 Å². The number of sulfonamides is 1. The first kappa shape index (κ1) is 18.5. The number of ether oxygens (including phenoxy) is 2. The Morgan fingerprint density at radius 1 is 1.15 bits per heavy atom. The van der Waals surface area contributed by atoms with Gasteiger partial charge in [0.25, 0.3) is 0 Å². The van der Waals surface area contributed by atoms with Gasteiger partial charge in [0.2, 0.25) is 15.9 Å². The summed E-state index contributed by atoms with van der Waals surface area (Å²) >= 11 is 3.34. The van der Waals surface area contributed by atoms with Gasteiger partial charge in [-0.05, 0) is 40.2 Å². The Hall–Kier alpha value is -2.26. The summed E-state index contributed by atoms with van der Waals surface area (Å²) in [7, 11) is -3.68. The summed E-state index contributed by atoms with van der Waals surface area (Å²) in [5, 5.41) is 2.70. The van der Waals surface area contributed by atoms with Gasteiger partial charge in [0.1, 0.15) is 19.8 Å². The molecule has 0 radical (unpaired) electrons. The van der Waals surface area contributed by atoms with Crippen LogP contribution in [0.4, 0.5) is 11.4 Å². The molecular weight excluding hydrogens is 424 g/mol. The van der Waals surface area contributed by atoms with Gasteiger partial charge in [0.15, 0.2) is 11.5 Å². The predicted molar refractivity (Wildman–Crippen MR) is 102 cm³/mol. The lowest BCUT2D eigenvalue weighted by molar-refractivity contribution is -0.114. The number of fused-ring (bicyclic) bond motifs is 1. The number of anilines is 2. The second kappa shape index (κ2) is 7.55. The minimum atomic E-state index is -3.68. The van der Waals surface area contributed by atoms with Crippen molar-refractivity contribution in [1.82, 2.24) is 0 Å². The molecule has 0 saturated heterocycles. The fourth-order valence-corrected chi connectivity index (χ4v) is 3.70. The van der Waals surface area contributed by atoms with Crippen LogP contribution in [-0.4, -0.2) is 40.3 Å². The van der Waals surface area contributed by atoms with Crippen LogP contribution in [0.15, 0.2) is 46.9 Å². The van der Waals surface area contributed by atoms with Gasteiger partial charge in [-0.25, -0.2) is 8.42 Å². The second-order valence-electron chi connectivity index (χ2n) is 5.63. The van der Waals surface area contributed by atoms with E-state index in [1.165, 1.54) is 0 Å². The molecule has 0 spiro atoms. The molecule has 3 rings (SSSR count). The first-order chi connectivity index (χ1) is 12.3. The zero-order valence-corrected chi connectivity index (χ0v) is 16.3. The van der Waals surface area contributed by atoms with Crippen molar-refractivity contribution in [2.24, 2.45) is 0 Å². The number of carbonyl (C=O) groups excluding carboxylic acids is 1. The fourth-order valence-electron chi connectivity index (χ4n) is 2.47. The standard InChI is InChI=1S/C17H17BrN2O5S/c1-26(22,23)20(11-17(21)19-14-5-3-2-4-13(14)18)12-6-7-15-16(10-12)25-9-8-24-15/h2-7,10H,8-9,11H2,1H3,(H,19,21). The summed E-state index contributed by atoms with van der Waals surface area (Å²) in [6.07, 6.45) is 1.05. The van der Waals surface area contributed by atoms with Gasteiger partial charge in [-0.3, -0.25) is 9.10 Å². The summed E-state index contributed by atoms with van der Waals surface area (Å²) < 4.78 is 37.1. The largest absolute Gasteiger partial charge is 0.486 e. The number of hydrogen-bond donors (Lipinski definition) is 1. The second-order valence-corrected chi connectivity index (χ2v) is 8.39. The van der Waals surface area contributed by atoms with Crippen molar-refractivity contribution in [2.75, 3.05) is 35.6 Å². The lowest BCUT2D eigenvalue weighted by atomic mass is 10.2. The first-order valence-electron chi connectivity index (χ1n) is 7.76. The SMILES string of the molecule is CS(=O)(=O)N(CC(=O)Nc1ccccc1Br)c1ccc2c(c1)OCCO2. The highest BCUT2D eigenvalue weighted by molar-refractivity contribution is 9.10. The maximum atomic E-state index is 12.4. The van der Waals surface area contributed by atoms with Crippen LogP contribution in [0.2, 0.25) is 0 Å². The average molecular weight is 441 g/mol. The number of amides is 1. The summed E-state index contributed by atoms with van der Waals surface area (Å²) in [4.78, 5) is 12.4. The zero-order chi connectivity index (χ0) is 18.7. The monoisotopic (exact) mass is 440 g/mol. The lowest BCUT2D eigenvalue weighted by Gasteiger charge is -2.24. The molecular formula is C17H17BrN2O5S. The molecule has 0 fully saturated rings. The highest BCUT2D eigenvalue weighted by Crippen LogP contribution is 2.34. The van der Waals surface area contributed by atoms with E-state index < -0.39 is 15.9 Å². The van der Waals surface area contributed by atoms with E-state index in [1.54, 1.807) is 36.4 Å². The molecule has 1 aliphatic heterocycles. The van der Waals surface area contributed by atoms with Crippen LogP contribution in [-0.2, 0) is 14.8 Å². The molecule has 1 amide bonds. The number of nitrogens with one attached hydrogen (secondary N) is 1. The van der Waals surface area contributed by atoms with Gasteiger partial charge in [0.05, 0.1) is 17.6 Å². The van der Waals surface area contributed by atoms with Gasteiger partial charge in [0, 0.05) is 10.5 Å². The van der Waals surface area contributed by atoms with Crippen molar-refractivity contribution in [1.29, 1.82) is 0 Å². The number of para-hydroxylation sites is 1. The van der Waals surface area contributed by atoms with Gasteiger partial charge in [-0.1, -0.05) is 12.1 Å². The van der Waals surface area contributed by atoms with E-state index in [1.807, 2.05) is 6.07 Å². The minimum absolute atomic E-state index is 0.332. The molecule has 0 atom stereocenters. The van der Waals surface area contributed by atoms with E-state index in [0.29, 0.717) is 40.6 Å². The van der Waals surface area contributed by atoms with Crippen LogP contribution in [0.1, 0.15) is 0 Å². The maximum absolute atomic E-state index is 12.4. The fraction of sp³-hybridized carbons (Fsp3) is 0.235. The molecule has 0 bridgehead atoms. The molecule has 1 N–H and O–H groups in total. The number of hydrogen-bond acceptors (Lipinski definition) is 5. The quantitative estimate of drug-likeness (QED) is 0.772. The Morgan fingerprint density at radius 3 is 2.54 bits per heavy atom. The van der Waals surface area contributed by atoms with Gasteiger partial charge < -0.3 is 14.8 Å². The molecule has 138 valence electrons. The molecule has 0 unspecified atom stereocenters. The van der Waals surface area contributed by atoms with Crippen LogP contribution in [0.3, 0.4) is 0 Å². The normalized spacial score (nSPS) is 13.2. The van der Waals surface area contributed by atoms with E-state index in [2.05, 4.69) is 21.2 Å². The topological polar surface area (TPSA) is 84.9 Å². The van der Waals surface area contributed by atoms with Crippen LogP contribution < -0.4 is 19.1 Å².